The lowest BCUT2D eigenvalue weighted by atomic mass is 9.72. The van der Waals surface area contributed by atoms with Crippen molar-refractivity contribution in [3.63, 3.8) is 0 Å². The van der Waals surface area contributed by atoms with Gasteiger partial charge in [0.2, 0.25) is 0 Å². The van der Waals surface area contributed by atoms with Crippen LogP contribution >= 0.6 is 0 Å². The van der Waals surface area contributed by atoms with Crippen molar-refractivity contribution in [2.24, 2.45) is 11.8 Å². The average molecular weight is 411 g/mol. The van der Waals surface area contributed by atoms with E-state index in [4.69, 9.17) is 10.2 Å². The molecule has 1 saturated heterocycles. The van der Waals surface area contributed by atoms with Crippen LogP contribution in [0.2, 0.25) is 0 Å². The largest absolute Gasteiger partial charge is 0.478 e. The second-order valence-corrected chi connectivity index (χ2v) is 8.68. The molecule has 2 unspecified atom stereocenters. The highest BCUT2D eigenvalue weighted by Crippen LogP contribution is 2.48. The van der Waals surface area contributed by atoms with E-state index in [1.807, 2.05) is 0 Å². The van der Waals surface area contributed by atoms with Gasteiger partial charge in [-0.2, -0.15) is 0 Å². The fourth-order valence-electron chi connectivity index (χ4n) is 5.03. The number of hydrogen-bond acceptors (Lipinski definition) is 4. The first-order valence-electron chi connectivity index (χ1n) is 11.0. The van der Waals surface area contributed by atoms with Gasteiger partial charge in [0.05, 0.1) is 0 Å². The van der Waals surface area contributed by atoms with Crippen LogP contribution in [-0.4, -0.2) is 34.7 Å². The second-order valence-electron chi connectivity index (χ2n) is 8.68. The van der Waals surface area contributed by atoms with Gasteiger partial charge in [0.15, 0.2) is 0 Å². The number of carbonyl (C=O) groups is 2. The molecule has 1 saturated carbocycles. The number of allylic oxidation sites excluding steroid dienone is 6. The van der Waals surface area contributed by atoms with Crippen LogP contribution < -0.4 is 10.6 Å². The number of hydrogen-bond donors (Lipinski definition) is 4. The summed E-state index contributed by atoms with van der Waals surface area (Å²) in [4.78, 5) is 19.1. The van der Waals surface area contributed by atoms with Crippen molar-refractivity contribution in [2.75, 3.05) is 6.54 Å². The first-order chi connectivity index (χ1) is 14.5. The minimum absolute atomic E-state index is 0.558. The summed E-state index contributed by atoms with van der Waals surface area (Å²) in [6.07, 6.45) is 15.2. The molecular weight excluding hydrogens is 380 g/mol. The van der Waals surface area contributed by atoms with E-state index in [-0.39, 0.29) is 0 Å². The normalized spacial score (nSPS) is 26.6. The quantitative estimate of drug-likeness (QED) is 0.517. The summed E-state index contributed by atoms with van der Waals surface area (Å²) in [6, 6.07) is 0.617. The smallest absolute Gasteiger partial charge is 0.328 e. The summed E-state index contributed by atoms with van der Waals surface area (Å²) in [7, 11) is 0. The number of carboxylic acid groups (broad SMARTS) is 2. The van der Waals surface area contributed by atoms with Crippen molar-refractivity contribution in [1.29, 1.82) is 0 Å². The number of rotatable bonds is 5. The molecular formula is C24H30N2O4. The molecule has 0 radical (unpaired) electrons. The van der Waals surface area contributed by atoms with Gasteiger partial charge in [-0.1, -0.05) is 25.8 Å². The van der Waals surface area contributed by atoms with Crippen LogP contribution in [0.3, 0.4) is 0 Å². The van der Waals surface area contributed by atoms with Gasteiger partial charge in [0, 0.05) is 42.1 Å². The molecule has 160 valence electrons. The van der Waals surface area contributed by atoms with Crippen molar-refractivity contribution < 1.29 is 19.8 Å². The van der Waals surface area contributed by atoms with E-state index < -0.39 is 11.9 Å². The molecule has 6 heteroatoms. The topological polar surface area (TPSA) is 98.7 Å². The van der Waals surface area contributed by atoms with E-state index in [9.17, 15) is 9.59 Å². The summed E-state index contributed by atoms with van der Waals surface area (Å²) in [5.41, 5.74) is 9.63. The van der Waals surface area contributed by atoms with Crippen molar-refractivity contribution in [2.45, 2.75) is 57.9 Å². The van der Waals surface area contributed by atoms with E-state index in [0.29, 0.717) is 18.2 Å². The second kappa shape index (κ2) is 8.54. The molecule has 2 atom stereocenters. The Kier molecular flexibility index (Phi) is 5.84. The summed E-state index contributed by atoms with van der Waals surface area (Å²) in [5.74, 6) is -0.790. The Hall–Kier alpha value is -2.76. The maximum Gasteiger partial charge on any atom is 0.328 e. The van der Waals surface area contributed by atoms with Crippen LogP contribution in [0.15, 0.2) is 58.0 Å². The van der Waals surface area contributed by atoms with Crippen LogP contribution in [0, 0.1) is 11.8 Å². The van der Waals surface area contributed by atoms with Crippen molar-refractivity contribution >= 4 is 11.9 Å². The van der Waals surface area contributed by atoms with Gasteiger partial charge in [0.1, 0.15) is 0 Å². The van der Waals surface area contributed by atoms with Crippen LogP contribution in [0.4, 0.5) is 0 Å². The highest BCUT2D eigenvalue weighted by molar-refractivity contribution is 5.89. The molecule has 0 amide bonds. The zero-order chi connectivity index (χ0) is 21.3. The van der Waals surface area contributed by atoms with E-state index in [1.54, 1.807) is 22.3 Å². The Bertz CT molecular complexity index is 886. The Morgan fingerprint density at radius 2 is 1.93 bits per heavy atom. The lowest BCUT2D eigenvalue weighted by Crippen LogP contribution is -2.37. The molecule has 5 aliphatic rings. The molecule has 0 aromatic carbocycles. The highest BCUT2D eigenvalue weighted by atomic mass is 16.4. The molecule has 6 nitrogen and oxygen atoms in total. The van der Waals surface area contributed by atoms with Gasteiger partial charge in [-0.15, -0.1) is 0 Å². The molecule has 4 N–H and O–H groups in total. The lowest BCUT2D eigenvalue weighted by Gasteiger charge is -2.37. The Labute approximate surface area is 177 Å². The number of carboxylic acids is 2. The summed E-state index contributed by atoms with van der Waals surface area (Å²) in [5, 5.41) is 23.2. The van der Waals surface area contributed by atoms with Crippen LogP contribution in [0.5, 0.6) is 0 Å². The zero-order valence-corrected chi connectivity index (χ0v) is 17.4. The van der Waals surface area contributed by atoms with Gasteiger partial charge in [-0.05, 0) is 66.4 Å². The Balaban J connectivity index is 0.000000235. The van der Waals surface area contributed by atoms with Crippen molar-refractivity contribution in [3.05, 3.63) is 58.0 Å². The molecule has 0 aromatic heterocycles. The Morgan fingerprint density at radius 3 is 2.57 bits per heavy atom. The van der Waals surface area contributed by atoms with Crippen molar-refractivity contribution in [3.8, 4) is 0 Å². The SMILES string of the molecule is CCC1=CC2=C(CC3CNC4=CCCC2=C43)C(CC2CC2)N1.O=C(O)/C=C\C(=O)O. The number of fused-ring (bicyclic) bond motifs is 1. The molecule has 2 fully saturated rings. The van der Waals surface area contributed by atoms with Crippen LogP contribution in [0.25, 0.3) is 0 Å². The molecule has 0 bridgehead atoms. The summed E-state index contributed by atoms with van der Waals surface area (Å²) < 4.78 is 0. The van der Waals surface area contributed by atoms with E-state index in [2.05, 4.69) is 29.7 Å². The minimum atomic E-state index is -1.26. The van der Waals surface area contributed by atoms with Gasteiger partial charge in [-0.25, -0.2) is 9.59 Å². The fraction of sp³-hybridized carbons (Fsp3) is 0.500. The molecule has 30 heavy (non-hydrogen) atoms. The average Bonchev–Trinajstić information content (AvgIpc) is 3.45. The lowest BCUT2D eigenvalue weighted by molar-refractivity contribution is -0.134. The molecule has 3 aliphatic carbocycles. The molecule has 2 aliphatic heterocycles. The third kappa shape index (κ3) is 4.37. The van der Waals surface area contributed by atoms with E-state index >= 15 is 0 Å². The zero-order valence-electron chi connectivity index (χ0n) is 17.4. The van der Waals surface area contributed by atoms with Gasteiger partial charge < -0.3 is 20.8 Å². The van der Waals surface area contributed by atoms with Crippen LogP contribution in [-0.2, 0) is 9.59 Å². The summed E-state index contributed by atoms with van der Waals surface area (Å²) in [6.45, 7) is 3.44. The standard InChI is InChI=1S/C20H26N2.C4H4O4/c1-2-14-10-16-15-4-3-5-18-20(15)13(11-21-18)9-17(16)19(22-14)8-12-6-7-12;5-3(6)1-2-4(7)8/h5,10,12-13,19,21-22H,2-4,6-9,11H2,1H3;1-2H,(H,5,6)(H,7,8)/b;2-1-. The van der Waals surface area contributed by atoms with Crippen LogP contribution in [0.1, 0.15) is 51.9 Å². The molecule has 0 spiro atoms. The third-order valence-electron chi connectivity index (χ3n) is 6.56. The predicted molar refractivity (Wildman–Crippen MR) is 115 cm³/mol. The first-order valence-corrected chi connectivity index (χ1v) is 11.0. The number of aliphatic carboxylic acids is 2. The van der Waals surface area contributed by atoms with Crippen molar-refractivity contribution in [1.82, 2.24) is 10.6 Å². The number of dihydropyridines is 1. The number of nitrogens with one attached hydrogen (secondary N) is 2. The maximum absolute atomic E-state index is 9.55. The first kappa shape index (κ1) is 20.5. The van der Waals surface area contributed by atoms with E-state index in [0.717, 1.165) is 24.8 Å². The summed E-state index contributed by atoms with van der Waals surface area (Å²) >= 11 is 0. The molecule has 5 rings (SSSR count). The van der Waals surface area contributed by atoms with Gasteiger partial charge in [-0.3, -0.25) is 0 Å². The molecule has 2 heterocycles. The van der Waals surface area contributed by atoms with Gasteiger partial charge in [0.25, 0.3) is 0 Å². The maximum atomic E-state index is 9.55. The monoisotopic (exact) mass is 410 g/mol. The minimum Gasteiger partial charge on any atom is -0.478 e. The molecule has 0 aromatic rings. The van der Waals surface area contributed by atoms with E-state index in [1.165, 1.54) is 49.9 Å². The third-order valence-corrected chi connectivity index (χ3v) is 6.56. The highest BCUT2D eigenvalue weighted by Gasteiger charge is 2.40. The van der Waals surface area contributed by atoms with Gasteiger partial charge >= 0.3 is 11.9 Å². The Morgan fingerprint density at radius 1 is 1.20 bits per heavy atom. The predicted octanol–water partition coefficient (Wildman–Crippen LogP) is 3.66. The fourth-order valence-corrected chi connectivity index (χ4v) is 5.03.